The van der Waals surface area contributed by atoms with Gasteiger partial charge in [0, 0.05) is 15.1 Å². The van der Waals surface area contributed by atoms with Gasteiger partial charge in [-0.3, -0.25) is 4.79 Å². The fourth-order valence-corrected chi connectivity index (χ4v) is 2.95. The highest BCUT2D eigenvalue weighted by molar-refractivity contribution is 7.22. The zero-order valence-corrected chi connectivity index (χ0v) is 9.91. The molecule has 0 saturated heterocycles. The summed E-state index contributed by atoms with van der Waals surface area (Å²) < 4.78 is 1.28. The Hall–Kier alpha value is -1.93. The van der Waals surface area contributed by atoms with Gasteiger partial charge in [-0.15, -0.1) is 11.3 Å². The van der Waals surface area contributed by atoms with Gasteiger partial charge in [0.15, 0.2) is 0 Å². The van der Waals surface area contributed by atoms with E-state index in [9.17, 15) is 4.79 Å². The number of hydrogen-bond acceptors (Lipinski definition) is 2. The first kappa shape index (κ1) is 10.2. The van der Waals surface area contributed by atoms with Crippen LogP contribution < -0.4 is 0 Å². The van der Waals surface area contributed by atoms with Gasteiger partial charge >= 0.3 is 0 Å². The number of aldehydes is 1. The summed E-state index contributed by atoms with van der Waals surface area (Å²) in [6.45, 7) is 0. The minimum Gasteiger partial charge on any atom is -0.298 e. The first-order valence-electron chi connectivity index (χ1n) is 5.41. The molecule has 0 aliphatic carbocycles. The number of fused-ring (bicyclic) bond motifs is 1. The van der Waals surface area contributed by atoms with Crippen LogP contribution in [0.4, 0.5) is 0 Å². The highest BCUT2D eigenvalue weighted by Gasteiger charge is 2.04. The normalized spacial score (nSPS) is 10.6. The van der Waals surface area contributed by atoms with Crippen molar-refractivity contribution in [1.82, 2.24) is 0 Å². The smallest absolute Gasteiger partial charge is 0.150 e. The van der Waals surface area contributed by atoms with Crippen LogP contribution in [-0.2, 0) is 0 Å². The number of rotatable bonds is 2. The molecule has 3 aromatic rings. The molecule has 1 heterocycles. The summed E-state index contributed by atoms with van der Waals surface area (Å²) in [5, 5.41) is 1.25. The summed E-state index contributed by atoms with van der Waals surface area (Å²) in [5.74, 6) is 0. The summed E-state index contributed by atoms with van der Waals surface area (Å²) in [5.41, 5.74) is 1.83. The Balaban J connectivity index is 2.16. The molecule has 0 radical (unpaired) electrons. The molecule has 0 bridgehead atoms. The molecule has 1 nitrogen and oxygen atoms in total. The van der Waals surface area contributed by atoms with E-state index in [1.807, 2.05) is 36.4 Å². The van der Waals surface area contributed by atoms with Crippen LogP contribution in [0.2, 0.25) is 0 Å². The number of benzene rings is 2. The Morgan fingerprint density at radius 2 is 1.82 bits per heavy atom. The molecule has 3 rings (SSSR count). The molecule has 0 unspecified atom stereocenters. The minimum absolute atomic E-state index is 0.722. The van der Waals surface area contributed by atoms with E-state index < -0.39 is 0 Å². The molecule has 0 saturated carbocycles. The summed E-state index contributed by atoms with van der Waals surface area (Å²) in [6, 6.07) is 18.2. The van der Waals surface area contributed by atoms with Crippen molar-refractivity contribution in [3.8, 4) is 10.4 Å². The van der Waals surface area contributed by atoms with Crippen LogP contribution in [-0.4, -0.2) is 6.29 Å². The van der Waals surface area contributed by atoms with Crippen molar-refractivity contribution in [1.29, 1.82) is 0 Å². The second kappa shape index (κ2) is 4.15. The van der Waals surface area contributed by atoms with E-state index in [-0.39, 0.29) is 0 Å². The maximum atomic E-state index is 10.8. The first-order valence-corrected chi connectivity index (χ1v) is 6.23. The summed E-state index contributed by atoms with van der Waals surface area (Å²) in [7, 11) is 0. The molecule has 0 N–H and O–H groups in total. The molecule has 0 spiro atoms. The lowest BCUT2D eigenvalue weighted by Gasteiger charge is -1.97. The van der Waals surface area contributed by atoms with Crippen molar-refractivity contribution in [3.63, 3.8) is 0 Å². The van der Waals surface area contributed by atoms with Crippen molar-refractivity contribution in [3.05, 3.63) is 60.2 Å². The van der Waals surface area contributed by atoms with Crippen LogP contribution in [0.5, 0.6) is 0 Å². The number of hydrogen-bond donors (Lipinski definition) is 0. The topological polar surface area (TPSA) is 17.1 Å². The fraction of sp³-hybridized carbons (Fsp3) is 0. The van der Waals surface area contributed by atoms with Crippen molar-refractivity contribution in [2.24, 2.45) is 0 Å². The summed E-state index contributed by atoms with van der Waals surface area (Å²) >= 11 is 1.75. The maximum Gasteiger partial charge on any atom is 0.150 e. The standard InChI is InChI=1S/C15H10OS/c16-10-11-4-3-6-12(8-11)15-9-13-5-1-2-7-14(13)17-15/h1-10H. The Morgan fingerprint density at radius 3 is 2.65 bits per heavy atom. The fourth-order valence-electron chi connectivity index (χ4n) is 1.89. The van der Waals surface area contributed by atoms with E-state index in [0.717, 1.165) is 17.4 Å². The van der Waals surface area contributed by atoms with E-state index in [1.54, 1.807) is 11.3 Å². The van der Waals surface area contributed by atoms with Crippen molar-refractivity contribution >= 4 is 27.7 Å². The van der Waals surface area contributed by atoms with Gasteiger partial charge in [0.05, 0.1) is 0 Å². The highest BCUT2D eigenvalue weighted by atomic mass is 32.1. The molecule has 0 amide bonds. The zero-order chi connectivity index (χ0) is 11.7. The molecular weight excluding hydrogens is 228 g/mol. The van der Waals surface area contributed by atoms with Gasteiger partial charge in [0.1, 0.15) is 6.29 Å². The third-order valence-corrected chi connectivity index (χ3v) is 3.90. The molecule has 0 atom stereocenters. The van der Waals surface area contributed by atoms with Crippen molar-refractivity contribution in [2.75, 3.05) is 0 Å². The van der Waals surface area contributed by atoms with Crippen LogP contribution in [0.3, 0.4) is 0 Å². The predicted molar refractivity (Wildman–Crippen MR) is 72.6 cm³/mol. The third-order valence-electron chi connectivity index (χ3n) is 2.73. The molecule has 0 aliphatic rings. The molecular formula is C15H10OS. The average Bonchev–Trinajstić information content (AvgIpc) is 2.82. The van der Waals surface area contributed by atoms with E-state index in [1.165, 1.54) is 15.0 Å². The molecule has 2 heteroatoms. The Bertz CT molecular complexity index is 649. The van der Waals surface area contributed by atoms with Gasteiger partial charge in [-0.25, -0.2) is 0 Å². The molecule has 1 aromatic heterocycles. The van der Waals surface area contributed by atoms with Gasteiger partial charge in [-0.05, 0) is 29.1 Å². The van der Waals surface area contributed by atoms with E-state index >= 15 is 0 Å². The third kappa shape index (κ3) is 1.87. The molecule has 0 fully saturated rings. The van der Waals surface area contributed by atoms with Crippen LogP contribution in [0, 0.1) is 0 Å². The summed E-state index contributed by atoms with van der Waals surface area (Å²) in [6.07, 6.45) is 0.886. The van der Waals surface area contributed by atoms with Crippen LogP contribution in [0.25, 0.3) is 20.5 Å². The zero-order valence-electron chi connectivity index (χ0n) is 9.09. The largest absolute Gasteiger partial charge is 0.298 e. The number of carbonyl (C=O) groups excluding carboxylic acids is 1. The van der Waals surface area contributed by atoms with Crippen LogP contribution >= 0.6 is 11.3 Å². The van der Waals surface area contributed by atoms with E-state index in [4.69, 9.17) is 0 Å². The lowest BCUT2D eigenvalue weighted by atomic mass is 10.1. The first-order chi connectivity index (χ1) is 8.36. The van der Waals surface area contributed by atoms with Gasteiger partial charge in [0.2, 0.25) is 0 Å². The van der Waals surface area contributed by atoms with Gasteiger partial charge in [0.25, 0.3) is 0 Å². The molecule has 82 valence electrons. The Labute approximate surface area is 103 Å². The van der Waals surface area contributed by atoms with Crippen LogP contribution in [0.15, 0.2) is 54.6 Å². The van der Waals surface area contributed by atoms with Gasteiger partial charge in [-0.2, -0.15) is 0 Å². The Kier molecular flexibility index (Phi) is 2.50. The quantitative estimate of drug-likeness (QED) is 0.605. The SMILES string of the molecule is O=Cc1cccc(-c2cc3ccccc3s2)c1. The lowest BCUT2D eigenvalue weighted by molar-refractivity contribution is 0.112. The predicted octanol–water partition coefficient (Wildman–Crippen LogP) is 4.38. The second-order valence-electron chi connectivity index (χ2n) is 3.89. The Morgan fingerprint density at radius 1 is 0.941 bits per heavy atom. The molecule has 0 aliphatic heterocycles. The molecule has 2 aromatic carbocycles. The number of thiophene rings is 1. The maximum absolute atomic E-state index is 10.8. The van der Waals surface area contributed by atoms with E-state index in [2.05, 4.69) is 18.2 Å². The lowest BCUT2D eigenvalue weighted by Crippen LogP contribution is -1.79. The minimum atomic E-state index is 0.722. The average molecular weight is 238 g/mol. The highest BCUT2D eigenvalue weighted by Crippen LogP contribution is 2.33. The van der Waals surface area contributed by atoms with Crippen molar-refractivity contribution in [2.45, 2.75) is 0 Å². The number of carbonyl (C=O) groups is 1. The monoisotopic (exact) mass is 238 g/mol. The van der Waals surface area contributed by atoms with Crippen molar-refractivity contribution < 1.29 is 4.79 Å². The van der Waals surface area contributed by atoms with E-state index in [0.29, 0.717) is 0 Å². The summed E-state index contributed by atoms with van der Waals surface area (Å²) in [4.78, 5) is 12.0. The van der Waals surface area contributed by atoms with Gasteiger partial charge in [-0.1, -0.05) is 36.4 Å². The second-order valence-corrected chi connectivity index (χ2v) is 4.98. The van der Waals surface area contributed by atoms with Crippen LogP contribution in [0.1, 0.15) is 10.4 Å². The molecule has 17 heavy (non-hydrogen) atoms. The van der Waals surface area contributed by atoms with Gasteiger partial charge < -0.3 is 0 Å².